The molecule has 190 valence electrons. The fraction of sp³-hybridized carbons (Fsp3) is 0.542. The maximum Gasteiger partial charge on any atom is 0.528 e. The highest BCUT2D eigenvalue weighted by molar-refractivity contribution is 5.64. The van der Waals surface area contributed by atoms with Gasteiger partial charge in [0.25, 0.3) is 0 Å². The predicted octanol–water partition coefficient (Wildman–Crippen LogP) is 3.82. The zero-order chi connectivity index (χ0) is 24.8. The number of nitrogens with one attached hydrogen (secondary N) is 1. The van der Waals surface area contributed by atoms with E-state index in [4.69, 9.17) is 19.0 Å². The van der Waals surface area contributed by atoms with Gasteiger partial charge in [-0.25, -0.2) is 19.2 Å². The summed E-state index contributed by atoms with van der Waals surface area (Å²) in [6.45, 7) is 9.17. The summed E-state index contributed by atoms with van der Waals surface area (Å²) >= 11 is 0. The van der Waals surface area contributed by atoms with E-state index in [2.05, 4.69) is 20.2 Å². The topological polar surface area (TPSA) is 98.3 Å². The van der Waals surface area contributed by atoms with Crippen LogP contribution in [0.1, 0.15) is 32.3 Å². The van der Waals surface area contributed by atoms with Crippen molar-refractivity contribution >= 4 is 23.3 Å². The Morgan fingerprint density at radius 3 is 2.60 bits per heavy atom. The third-order valence-corrected chi connectivity index (χ3v) is 5.83. The predicted molar refractivity (Wildman–Crippen MR) is 127 cm³/mol. The van der Waals surface area contributed by atoms with E-state index in [0.29, 0.717) is 62.1 Å². The quantitative estimate of drug-likeness (QED) is 0.578. The smallest absolute Gasteiger partial charge is 0.474 e. The molecule has 0 atom stereocenters. The van der Waals surface area contributed by atoms with Crippen molar-refractivity contribution in [1.82, 2.24) is 15.0 Å². The van der Waals surface area contributed by atoms with Gasteiger partial charge in [-0.3, -0.25) is 0 Å². The number of hydrogen-bond donors (Lipinski definition) is 1. The standard InChI is InChI=1S/C24H32FN5O5/c1-16(2)33-24(31)35-30-8-6-19(7-9-30)34-23-17(3)22(26-15-27-23)28-21-5-4-18(14-20(21)25)29-10-12-32-13-11-29/h4-5,14-16,19H,6-13H2,1-3H3,(H,26,27,28). The Kier molecular flexibility index (Phi) is 8.19. The van der Waals surface area contributed by atoms with Gasteiger partial charge >= 0.3 is 6.16 Å². The number of morpholine rings is 1. The van der Waals surface area contributed by atoms with E-state index in [1.807, 2.05) is 13.0 Å². The largest absolute Gasteiger partial charge is 0.528 e. The summed E-state index contributed by atoms with van der Waals surface area (Å²) in [5.41, 5.74) is 1.84. The summed E-state index contributed by atoms with van der Waals surface area (Å²) in [7, 11) is 0. The Labute approximate surface area is 204 Å². The number of hydrogen-bond acceptors (Lipinski definition) is 10. The van der Waals surface area contributed by atoms with E-state index in [9.17, 15) is 9.18 Å². The number of ether oxygens (including phenoxy) is 3. The molecule has 10 nitrogen and oxygen atoms in total. The highest BCUT2D eigenvalue weighted by Crippen LogP contribution is 2.29. The average Bonchev–Trinajstić information content (AvgIpc) is 2.84. The van der Waals surface area contributed by atoms with Gasteiger partial charge < -0.3 is 29.3 Å². The summed E-state index contributed by atoms with van der Waals surface area (Å²) in [5.74, 6) is 0.550. The molecule has 0 spiro atoms. The van der Waals surface area contributed by atoms with Crippen LogP contribution in [0.25, 0.3) is 0 Å². The number of nitrogens with zero attached hydrogens (tertiary/aromatic N) is 4. The highest BCUT2D eigenvalue weighted by Gasteiger charge is 2.25. The van der Waals surface area contributed by atoms with Gasteiger partial charge in [0.2, 0.25) is 5.88 Å². The molecule has 2 fully saturated rings. The number of carbonyl (C=O) groups is 1. The Hall–Kier alpha value is -3.18. The van der Waals surface area contributed by atoms with Crippen LogP contribution in [0.4, 0.5) is 26.4 Å². The number of anilines is 3. The first-order valence-electron chi connectivity index (χ1n) is 11.9. The second-order valence-electron chi connectivity index (χ2n) is 8.80. The van der Waals surface area contributed by atoms with Crippen LogP contribution in [0.2, 0.25) is 0 Å². The number of piperidine rings is 1. The fourth-order valence-corrected chi connectivity index (χ4v) is 3.95. The fourth-order valence-electron chi connectivity index (χ4n) is 3.95. The molecule has 1 aromatic heterocycles. The van der Waals surface area contributed by atoms with Crippen molar-refractivity contribution in [3.05, 3.63) is 35.9 Å². The third-order valence-electron chi connectivity index (χ3n) is 5.83. The minimum Gasteiger partial charge on any atom is -0.474 e. The van der Waals surface area contributed by atoms with Crippen molar-refractivity contribution in [1.29, 1.82) is 0 Å². The second kappa shape index (κ2) is 11.5. The minimum absolute atomic E-state index is 0.0954. The molecule has 2 aliphatic rings. The molecule has 4 rings (SSSR count). The lowest BCUT2D eigenvalue weighted by molar-refractivity contribution is -0.151. The zero-order valence-corrected chi connectivity index (χ0v) is 20.3. The Morgan fingerprint density at radius 1 is 1.17 bits per heavy atom. The zero-order valence-electron chi connectivity index (χ0n) is 20.3. The SMILES string of the molecule is Cc1c(Nc2ccc(N3CCOCC3)cc2F)ncnc1OC1CCN(OC(=O)OC(C)C)CC1. The number of benzene rings is 1. The molecule has 0 aliphatic carbocycles. The third kappa shape index (κ3) is 6.70. The Bertz CT molecular complexity index is 1010. The van der Waals surface area contributed by atoms with Gasteiger partial charge in [-0.2, -0.15) is 0 Å². The molecule has 35 heavy (non-hydrogen) atoms. The molecule has 2 aromatic rings. The van der Waals surface area contributed by atoms with Crippen molar-refractivity contribution in [3.63, 3.8) is 0 Å². The molecule has 0 saturated carbocycles. The van der Waals surface area contributed by atoms with E-state index in [0.717, 1.165) is 18.8 Å². The van der Waals surface area contributed by atoms with Crippen LogP contribution >= 0.6 is 0 Å². The number of halogens is 1. The van der Waals surface area contributed by atoms with Crippen LogP contribution in [0.5, 0.6) is 5.88 Å². The van der Waals surface area contributed by atoms with Gasteiger partial charge in [0.1, 0.15) is 24.1 Å². The lowest BCUT2D eigenvalue weighted by Gasteiger charge is -2.30. The lowest BCUT2D eigenvalue weighted by atomic mass is 10.1. The molecule has 0 amide bonds. The van der Waals surface area contributed by atoms with Crippen molar-refractivity contribution in [2.24, 2.45) is 0 Å². The molecular formula is C24H32FN5O5. The molecule has 11 heteroatoms. The molecule has 0 radical (unpaired) electrons. The van der Waals surface area contributed by atoms with Crippen LogP contribution < -0.4 is 15.0 Å². The van der Waals surface area contributed by atoms with Crippen LogP contribution in [0.3, 0.4) is 0 Å². The molecule has 2 aliphatic heterocycles. The molecule has 1 N–H and O–H groups in total. The molecule has 0 bridgehead atoms. The van der Waals surface area contributed by atoms with E-state index >= 15 is 0 Å². The molecule has 1 aromatic carbocycles. The van der Waals surface area contributed by atoms with Crippen molar-refractivity contribution in [2.45, 2.75) is 45.8 Å². The summed E-state index contributed by atoms with van der Waals surface area (Å²) in [4.78, 5) is 27.5. The number of aromatic nitrogens is 2. The maximum atomic E-state index is 14.8. The van der Waals surface area contributed by atoms with Crippen LogP contribution in [0, 0.1) is 12.7 Å². The van der Waals surface area contributed by atoms with Gasteiger partial charge in [0, 0.05) is 44.7 Å². The van der Waals surface area contributed by atoms with Gasteiger partial charge in [-0.15, -0.1) is 5.06 Å². The van der Waals surface area contributed by atoms with Crippen molar-refractivity contribution in [3.8, 4) is 5.88 Å². The first-order valence-corrected chi connectivity index (χ1v) is 11.9. The molecule has 0 unspecified atom stereocenters. The Morgan fingerprint density at radius 2 is 1.91 bits per heavy atom. The second-order valence-corrected chi connectivity index (χ2v) is 8.80. The van der Waals surface area contributed by atoms with E-state index in [1.54, 1.807) is 25.0 Å². The summed E-state index contributed by atoms with van der Waals surface area (Å²) in [6.07, 6.45) is 1.67. The molecular weight excluding hydrogens is 457 g/mol. The van der Waals surface area contributed by atoms with E-state index < -0.39 is 6.16 Å². The monoisotopic (exact) mass is 489 g/mol. The normalized spacial score (nSPS) is 17.3. The summed E-state index contributed by atoms with van der Waals surface area (Å²) in [6, 6.07) is 5.12. The van der Waals surface area contributed by atoms with Crippen LogP contribution in [0.15, 0.2) is 24.5 Å². The number of carbonyl (C=O) groups excluding carboxylic acids is 1. The molecule has 2 saturated heterocycles. The van der Waals surface area contributed by atoms with E-state index in [-0.39, 0.29) is 18.0 Å². The number of hydroxylamine groups is 2. The van der Waals surface area contributed by atoms with Gasteiger partial charge in [0.05, 0.1) is 30.6 Å². The molecule has 3 heterocycles. The van der Waals surface area contributed by atoms with E-state index in [1.165, 1.54) is 12.4 Å². The van der Waals surface area contributed by atoms with Crippen LogP contribution in [-0.2, 0) is 14.3 Å². The summed E-state index contributed by atoms with van der Waals surface area (Å²) < 4.78 is 31.3. The van der Waals surface area contributed by atoms with Gasteiger partial charge in [0.15, 0.2) is 0 Å². The number of rotatable bonds is 7. The lowest BCUT2D eigenvalue weighted by Crippen LogP contribution is -2.40. The van der Waals surface area contributed by atoms with Crippen molar-refractivity contribution < 1.29 is 28.2 Å². The van der Waals surface area contributed by atoms with Crippen molar-refractivity contribution in [2.75, 3.05) is 49.6 Å². The Balaban J connectivity index is 1.34. The minimum atomic E-state index is -0.702. The van der Waals surface area contributed by atoms with Gasteiger partial charge in [-0.05, 0) is 39.0 Å². The highest BCUT2D eigenvalue weighted by atomic mass is 19.1. The first kappa shape index (κ1) is 24.9. The van der Waals surface area contributed by atoms with Crippen LogP contribution in [-0.4, -0.2) is 72.8 Å². The first-order chi connectivity index (χ1) is 16.9. The van der Waals surface area contributed by atoms with Gasteiger partial charge in [-0.1, -0.05) is 0 Å². The summed E-state index contributed by atoms with van der Waals surface area (Å²) in [5, 5.41) is 4.64. The average molecular weight is 490 g/mol. The maximum absolute atomic E-state index is 14.8.